The summed E-state index contributed by atoms with van der Waals surface area (Å²) in [7, 11) is -1.09. The molecule has 1 aliphatic rings. The predicted octanol–water partition coefficient (Wildman–Crippen LogP) is 1.73. The van der Waals surface area contributed by atoms with Crippen LogP contribution in [0.3, 0.4) is 0 Å². The molecule has 3 nitrogen and oxygen atoms in total. The van der Waals surface area contributed by atoms with Gasteiger partial charge in [-0.15, -0.1) is 0 Å². The van der Waals surface area contributed by atoms with Crippen molar-refractivity contribution in [1.82, 2.24) is 4.98 Å². The summed E-state index contributed by atoms with van der Waals surface area (Å²) in [4.78, 5) is 4.00. The molecule has 0 N–H and O–H groups in total. The molecule has 1 saturated heterocycles. The van der Waals surface area contributed by atoms with Gasteiger partial charge < -0.3 is 0 Å². The summed E-state index contributed by atoms with van der Waals surface area (Å²) in [6.45, 7) is 0. The van der Waals surface area contributed by atoms with E-state index in [1.807, 2.05) is 6.07 Å². The normalized spacial score (nSPS) is 30.7. The van der Waals surface area contributed by atoms with E-state index in [0.29, 0.717) is 12.2 Å². The summed E-state index contributed by atoms with van der Waals surface area (Å²) < 4.78 is 11.2. The van der Waals surface area contributed by atoms with Gasteiger partial charge in [0.25, 0.3) is 0 Å². The van der Waals surface area contributed by atoms with Gasteiger partial charge in [-0.3, -0.25) is 9.19 Å². The Kier molecular flexibility index (Phi) is 2.83. The molecule has 1 aromatic rings. The Morgan fingerprint density at radius 1 is 1.53 bits per heavy atom. The van der Waals surface area contributed by atoms with E-state index in [1.165, 1.54) is 0 Å². The molecule has 0 spiro atoms. The average Bonchev–Trinajstić information content (AvgIpc) is 2.31. The van der Waals surface area contributed by atoms with Crippen LogP contribution < -0.4 is 0 Å². The fraction of sp³-hybridized carbons (Fsp3) is 0.455. The highest BCUT2D eigenvalue weighted by atomic mass is 32.2. The smallest absolute Gasteiger partial charge is 0.158 e. The van der Waals surface area contributed by atoms with Gasteiger partial charge >= 0.3 is 0 Å². The lowest BCUT2D eigenvalue weighted by Crippen LogP contribution is -2.34. The second kappa shape index (κ2) is 4.11. The summed E-state index contributed by atoms with van der Waals surface area (Å²) in [5, 5.41) is 9.29. The minimum Gasteiger partial charge on any atom is -0.264 e. The summed E-state index contributed by atoms with van der Waals surface area (Å²) in [5.41, 5.74) is 0.797. The van der Waals surface area contributed by atoms with Gasteiger partial charge in [-0.05, 0) is 25.3 Å². The van der Waals surface area contributed by atoms with Crippen molar-refractivity contribution in [2.45, 2.75) is 24.0 Å². The van der Waals surface area contributed by atoms with Gasteiger partial charge in [0.2, 0.25) is 0 Å². The van der Waals surface area contributed by atoms with Crippen molar-refractivity contribution < 1.29 is 4.21 Å². The lowest BCUT2D eigenvalue weighted by molar-refractivity contribution is 0.565. The van der Waals surface area contributed by atoms with Crippen molar-refractivity contribution in [3.8, 4) is 6.07 Å². The quantitative estimate of drug-likeness (QED) is 0.724. The van der Waals surface area contributed by atoms with Crippen LogP contribution in [0.5, 0.6) is 0 Å². The molecule has 4 heteroatoms. The van der Waals surface area contributed by atoms with Crippen molar-refractivity contribution in [3.63, 3.8) is 0 Å². The third kappa shape index (κ3) is 1.68. The second-order valence-electron chi connectivity index (χ2n) is 3.69. The van der Waals surface area contributed by atoms with Crippen molar-refractivity contribution in [1.29, 1.82) is 5.26 Å². The van der Waals surface area contributed by atoms with E-state index >= 15 is 0 Å². The average molecular weight is 220 g/mol. The maximum atomic E-state index is 12.0. The van der Waals surface area contributed by atoms with E-state index in [-0.39, 0.29) is 0 Å². The Bertz CT molecular complexity index is 412. The highest BCUT2D eigenvalue weighted by Crippen LogP contribution is 2.36. The predicted molar refractivity (Wildman–Crippen MR) is 58.4 cm³/mol. The number of rotatable bonds is 1. The Morgan fingerprint density at radius 3 is 3.00 bits per heavy atom. The van der Waals surface area contributed by atoms with Crippen LogP contribution in [0.2, 0.25) is 0 Å². The molecule has 2 rings (SSSR count). The van der Waals surface area contributed by atoms with Gasteiger partial charge in [0.05, 0.1) is 6.07 Å². The van der Waals surface area contributed by atoms with E-state index < -0.39 is 15.5 Å². The lowest BCUT2D eigenvalue weighted by Gasteiger charge is -2.29. The number of pyridine rings is 1. The molecule has 0 radical (unpaired) electrons. The minimum atomic E-state index is -1.09. The molecule has 0 aliphatic carbocycles. The molecule has 1 aromatic heterocycles. The second-order valence-corrected chi connectivity index (χ2v) is 5.48. The highest BCUT2D eigenvalue weighted by Gasteiger charge is 2.40. The summed E-state index contributed by atoms with van der Waals surface area (Å²) in [5.74, 6) is 0.627. The zero-order chi connectivity index (χ0) is 10.7. The van der Waals surface area contributed by atoms with Crippen LogP contribution in [0, 0.1) is 11.3 Å². The molecule has 2 atom stereocenters. The lowest BCUT2D eigenvalue weighted by atomic mass is 9.95. The van der Waals surface area contributed by atoms with Gasteiger partial charge in [-0.1, -0.05) is 6.07 Å². The van der Waals surface area contributed by atoms with Crippen LogP contribution in [0.4, 0.5) is 0 Å². The first kappa shape index (κ1) is 10.3. The van der Waals surface area contributed by atoms with Gasteiger partial charge in [-0.2, -0.15) is 5.26 Å². The molecule has 0 bridgehead atoms. The molecule has 0 aromatic carbocycles. The largest absolute Gasteiger partial charge is 0.264 e. The molecule has 0 amide bonds. The van der Waals surface area contributed by atoms with Crippen molar-refractivity contribution in [2.24, 2.45) is 0 Å². The molecule has 15 heavy (non-hydrogen) atoms. The van der Waals surface area contributed by atoms with Gasteiger partial charge in [0.15, 0.2) is 4.75 Å². The molecule has 1 fully saturated rings. The number of nitriles is 1. The molecule has 2 heterocycles. The van der Waals surface area contributed by atoms with E-state index in [0.717, 1.165) is 18.4 Å². The molecular formula is C11H12N2OS. The maximum Gasteiger partial charge on any atom is 0.158 e. The number of hydrogen-bond donors (Lipinski definition) is 0. The Morgan fingerprint density at radius 2 is 2.40 bits per heavy atom. The molecule has 1 aliphatic heterocycles. The first-order chi connectivity index (χ1) is 7.29. The number of aromatic nitrogens is 1. The third-order valence-electron chi connectivity index (χ3n) is 2.81. The fourth-order valence-corrected chi connectivity index (χ4v) is 3.62. The van der Waals surface area contributed by atoms with E-state index in [2.05, 4.69) is 11.1 Å². The first-order valence-electron chi connectivity index (χ1n) is 5.00. The van der Waals surface area contributed by atoms with Gasteiger partial charge in [0, 0.05) is 34.5 Å². The highest BCUT2D eigenvalue weighted by molar-refractivity contribution is 7.86. The summed E-state index contributed by atoms with van der Waals surface area (Å²) >= 11 is 0. The third-order valence-corrected chi connectivity index (χ3v) is 4.77. The van der Waals surface area contributed by atoms with E-state index in [4.69, 9.17) is 0 Å². The van der Waals surface area contributed by atoms with Gasteiger partial charge in [0.1, 0.15) is 0 Å². The zero-order valence-corrected chi connectivity index (χ0v) is 9.17. The molecule has 0 saturated carbocycles. The number of nitrogens with zero attached hydrogens (tertiary/aromatic N) is 2. The Balaban J connectivity index is 2.46. The summed E-state index contributed by atoms with van der Waals surface area (Å²) in [6, 6.07) is 5.88. The van der Waals surface area contributed by atoms with Crippen LogP contribution in [0.15, 0.2) is 24.5 Å². The molecular weight excluding hydrogens is 208 g/mol. The fourth-order valence-electron chi connectivity index (χ4n) is 1.94. The summed E-state index contributed by atoms with van der Waals surface area (Å²) in [6.07, 6.45) is 5.93. The minimum absolute atomic E-state index is 0.627. The van der Waals surface area contributed by atoms with Gasteiger partial charge in [-0.25, -0.2) is 0 Å². The van der Waals surface area contributed by atoms with Crippen LogP contribution in [-0.4, -0.2) is 14.9 Å². The molecule has 78 valence electrons. The standard InChI is InChI=1S/C11H12N2OS/c12-9-11(5-1-2-7-15(11)14)10-4-3-6-13-8-10/h3-4,6,8H,1-2,5,7H2/t11-,15-/m0/s1. The van der Waals surface area contributed by atoms with E-state index in [1.54, 1.807) is 18.5 Å². The zero-order valence-electron chi connectivity index (χ0n) is 8.35. The molecule has 0 unspecified atom stereocenters. The Hall–Kier alpha value is -1.21. The van der Waals surface area contributed by atoms with Crippen LogP contribution in [0.25, 0.3) is 0 Å². The Labute approximate surface area is 91.6 Å². The first-order valence-corrected chi connectivity index (χ1v) is 6.32. The topological polar surface area (TPSA) is 53.8 Å². The number of hydrogen-bond acceptors (Lipinski definition) is 3. The van der Waals surface area contributed by atoms with E-state index in [9.17, 15) is 9.47 Å². The van der Waals surface area contributed by atoms with Crippen LogP contribution in [-0.2, 0) is 15.5 Å². The SMILES string of the molecule is N#C[C@]1(c2cccnc2)CCCC[S@@]1=O. The van der Waals surface area contributed by atoms with Crippen LogP contribution in [0.1, 0.15) is 24.8 Å². The van der Waals surface area contributed by atoms with Crippen molar-refractivity contribution in [2.75, 3.05) is 5.75 Å². The monoisotopic (exact) mass is 220 g/mol. The maximum absolute atomic E-state index is 12.0. The van der Waals surface area contributed by atoms with Crippen LogP contribution >= 0.6 is 0 Å². The van der Waals surface area contributed by atoms with Crippen molar-refractivity contribution in [3.05, 3.63) is 30.1 Å². The van der Waals surface area contributed by atoms with Crippen molar-refractivity contribution >= 4 is 10.8 Å².